The van der Waals surface area contributed by atoms with Crippen molar-refractivity contribution in [2.75, 3.05) is 32.9 Å². The van der Waals surface area contributed by atoms with Crippen LogP contribution < -0.4 is 0 Å². The smallest absolute Gasteiger partial charge is 0.0529 e. The molecule has 0 aliphatic carbocycles. The molecule has 2 atom stereocenters. The molecule has 1 unspecified atom stereocenters. The minimum atomic E-state index is 0.705. The van der Waals surface area contributed by atoms with E-state index in [1.165, 1.54) is 31.7 Å². The summed E-state index contributed by atoms with van der Waals surface area (Å²) in [6, 6.07) is 0.766. The van der Waals surface area contributed by atoms with Gasteiger partial charge in [-0.3, -0.25) is 4.90 Å². The van der Waals surface area contributed by atoms with Gasteiger partial charge in [0.15, 0.2) is 0 Å². The Kier molecular flexibility index (Phi) is 3.75. The number of hydrogen-bond donors (Lipinski definition) is 0. The summed E-state index contributed by atoms with van der Waals surface area (Å²) >= 11 is 2.09. The van der Waals surface area contributed by atoms with Crippen LogP contribution in [0.1, 0.15) is 19.8 Å². The highest BCUT2D eigenvalue weighted by Gasteiger charge is 2.28. The van der Waals surface area contributed by atoms with Crippen molar-refractivity contribution in [3.05, 3.63) is 11.6 Å². The molecule has 0 radical (unpaired) electrons. The third-order valence-corrected chi connectivity index (χ3v) is 4.99. The molecule has 0 N–H and O–H groups in total. The average molecular weight is 226 g/mol. The summed E-state index contributed by atoms with van der Waals surface area (Å²) in [7, 11) is 4.49. The zero-order valence-corrected chi connectivity index (χ0v) is 10.9. The van der Waals surface area contributed by atoms with Crippen molar-refractivity contribution in [1.29, 1.82) is 0 Å². The van der Waals surface area contributed by atoms with Gasteiger partial charge in [-0.05, 0) is 33.9 Å². The van der Waals surface area contributed by atoms with E-state index in [-0.39, 0.29) is 0 Å². The molecular weight excluding hydrogens is 204 g/mol. The van der Waals surface area contributed by atoms with Gasteiger partial charge in [-0.15, -0.1) is 11.8 Å². The minimum absolute atomic E-state index is 0.705. The summed E-state index contributed by atoms with van der Waals surface area (Å²) in [5.74, 6) is 1.30. The van der Waals surface area contributed by atoms with Crippen LogP contribution in [0.2, 0.25) is 0 Å². The lowest BCUT2D eigenvalue weighted by Crippen LogP contribution is -2.34. The Labute approximate surface area is 97.7 Å². The molecule has 0 spiro atoms. The van der Waals surface area contributed by atoms with E-state index < -0.39 is 0 Å². The maximum absolute atomic E-state index is 2.53. The summed E-state index contributed by atoms with van der Waals surface area (Å²) in [4.78, 5) is 4.96. The molecule has 1 fully saturated rings. The highest BCUT2D eigenvalue weighted by atomic mass is 32.2. The molecule has 15 heavy (non-hydrogen) atoms. The average Bonchev–Trinajstić information content (AvgIpc) is 2.50. The van der Waals surface area contributed by atoms with Crippen molar-refractivity contribution < 1.29 is 0 Å². The lowest BCUT2D eigenvalue weighted by atomic mass is 10.0. The normalized spacial score (nSPS) is 34.5. The van der Waals surface area contributed by atoms with Crippen LogP contribution in [0.25, 0.3) is 0 Å². The standard InChI is InChI=1S/C12H22N2S/c1-10-14(3)12(9-15-10)7-11-5-4-6-13(2)8-11/h5,10,12H,4,6-9H2,1-3H3/t10-,12?/m1/s1. The molecule has 2 aliphatic rings. The summed E-state index contributed by atoms with van der Waals surface area (Å²) < 4.78 is 0. The molecule has 0 bridgehead atoms. The Bertz CT molecular complexity index is 252. The fourth-order valence-electron chi connectivity index (χ4n) is 2.42. The first kappa shape index (κ1) is 11.5. The van der Waals surface area contributed by atoms with E-state index in [2.05, 4.69) is 48.7 Å². The van der Waals surface area contributed by atoms with Crippen LogP contribution in [0.4, 0.5) is 0 Å². The zero-order valence-electron chi connectivity index (χ0n) is 10.1. The molecule has 2 aliphatic heterocycles. The number of thioether (sulfide) groups is 1. The van der Waals surface area contributed by atoms with Gasteiger partial charge in [0.05, 0.1) is 5.37 Å². The van der Waals surface area contributed by atoms with Crippen molar-refractivity contribution in [2.24, 2.45) is 0 Å². The van der Waals surface area contributed by atoms with Gasteiger partial charge in [0.1, 0.15) is 0 Å². The third kappa shape index (κ3) is 2.77. The number of rotatable bonds is 2. The Hall–Kier alpha value is 0.01000. The van der Waals surface area contributed by atoms with Crippen molar-refractivity contribution in [2.45, 2.75) is 31.2 Å². The van der Waals surface area contributed by atoms with E-state index in [0.29, 0.717) is 5.37 Å². The predicted octanol–water partition coefficient (Wildman–Crippen LogP) is 2.03. The highest BCUT2D eigenvalue weighted by Crippen LogP contribution is 2.30. The molecule has 86 valence electrons. The van der Waals surface area contributed by atoms with Gasteiger partial charge >= 0.3 is 0 Å². The van der Waals surface area contributed by atoms with Gasteiger partial charge in [-0.2, -0.15) is 0 Å². The fraction of sp³-hybridized carbons (Fsp3) is 0.833. The van der Waals surface area contributed by atoms with Crippen LogP contribution in [-0.2, 0) is 0 Å². The SMILES string of the molecule is C[C@H]1SCC(CC2=CCCN(C)C2)N1C. The van der Waals surface area contributed by atoms with Crippen LogP contribution in [0, 0.1) is 0 Å². The number of nitrogens with zero attached hydrogens (tertiary/aromatic N) is 2. The van der Waals surface area contributed by atoms with E-state index in [1.807, 2.05) is 0 Å². The lowest BCUT2D eigenvalue weighted by molar-refractivity contribution is 0.263. The number of hydrogen-bond acceptors (Lipinski definition) is 3. The van der Waals surface area contributed by atoms with E-state index in [0.717, 1.165) is 6.04 Å². The molecule has 0 aromatic heterocycles. The minimum Gasteiger partial charge on any atom is -0.302 e. The predicted molar refractivity (Wildman–Crippen MR) is 68.3 cm³/mol. The first-order valence-corrected chi connectivity index (χ1v) is 6.91. The fourth-order valence-corrected chi connectivity index (χ4v) is 3.68. The monoisotopic (exact) mass is 226 g/mol. The maximum atomic E-state index is 2.53. The van der Waals surface area contributed by atoms with Crippen LogP contribution in [0.15, 0.2) is 11.6 Å². The van der Waals surface area contributed by atoms with Crippen LogP contribution >= 0.6 is 11.8 Å². The van der Waals surface area contributed by atoms with Gasteiger partial charge in [-0.1, -0.05) is 11.6 Å². The van der Waals surface area contributed by atoms with E-state index >= 15 is 0 Å². The summed E-state index contributed by atoms with van der Waals surface area (Å²) in [6.07, 6.45) is 4.98. The molecule has 0 aromatic rings. The molecular formula is C12H22N2S. The lowest BCUT2D eigenvalue weighted by Gasteiger charge is -2.27. The Balaban J connectivity index is 1.89. The second kappa shape index (κ2) is 4.89. The molecule has 2 nitrogen and oxygen atoms in total. The van der Waals surface area contributed by atoms with Crippen LogP contribution in [-0.4, -0.2) is 54.2 Å². The molecule has 0 saturated carbocycles. The van der Waals surface area contributed by atoms with Gasteiger partial charge in [-0.25, -0.2) is 0 Å². The molecule has 1 saturated heterocycles. The quantitative estimate of drug-likeness (QED) is 0.665. The third-order valence-electron chi connectivity index (χ3n) is 3.59. The first-order chi connectivity index (χ1) is 7.16. The van der Waals surface area contributed by atoms with Crippen molar-refractivity contribution in [3.8, 4) is 0 Å². The molecule has 2 heterocycles. The zero-order chi connectivity index (χ0) is 10.8. The van der Waals surface area contributed by atoms with E-state index in [1.54, 1.807) is 5.57 Å². The largest absolute Gasteiger partial charge is 0.302 e. The Morgan fingerprint density at radius 3 is 2.87 bits per heavy atom. The Morgan fingerprint density at radius 1 is 1.47 bits per heavy atom. The highest BCUT2D eigenvalue weighted by molar-refractivity contribution is 8.00. The van der Waals surface area contributed by atoms with Crippen LogP contribution in [0.5, 0.6) is 0 Å². The summed E-state index contributed by atoms with van der Waals surface area (Å²) in [6.45, 7) is 4.73. The van der Waals surface area contributed by atoms with Crippen LogP contribution in [0.3, 0.4) is 0 Å². The first-order valence-electron chi connectivity index (χ1n) is 5.87. The molecule has 0 amide bonds. The van der Waals surface area contributed by atoms with Gasteiger partial charge < -0.3 is 4.90 Å². The summed E-state index contributed by atoms with van der Waals surface area (Å²) in [5, 5.41) is 0.705. The topological polar surface area (TPSA) is 6.48 Å². The van der Waals surface area contributed by atoms with Gasteiger partial charge in [0.25, 0.3) is 0 Å². The van der Waals surface area contributed by atoms with Gasteiger partial charge in [0, 0.05) is 24.9 Å². The second-order valence-corrected chi connectivity index (χ2v) is 6.19. The van der Waals surface area contributed by atoms with Crippen molar-refractivity contribution in [1.82, 2.24) is 9.80 Å². The maximum Gasteiger partial charge on any atom is 0.0529 e. The van der Waals surface area contributed by atoms with Crippen molar-refractivity contribution in [3.63, 3.8) is 0 Å². The van der Waals surface area contributed by atoms with E-state index in [4.69, 9.17) is 0 Å². The molecule has 3 heteroatoms. The Morgan fingerprint density at radius 2 is 2.27 bits per heavy atom. The number of likely N-dealkylation sites (N-methyl/N-ethyl adjacent to an activating group) is 1. The molecule has 0 aromatic carbocycles. The molecule has 2 rings (SSSR count). The van der Waals surface area contributed by atoms with Crippen molar-refractivity contribution >= 4 is 11.8 Å². The van der Waals surface area contributed by atoms with Gasteiger partial charge in [0.2, 0.25) is 0 Å². The summed E-state index contributed by atoms with van der Waals surface area (Å²) in [5.41, 5.74) is 1.65. The second-order valence-electron chi connectivity index (χ2n) is 4.84. The van der Waals surface area contributed by atoms with E-state index in [9.17, 15) is 0 Å².